The number of aromatic nitrogens is 1. The quantitative estimate of drug-likeness (QED) is 0.497. The SMILES string of the molecule is C[C@H]1C[C@H](C)CN(C(=O)Cn2cc(S(=O)(=O)N3CCN(c4ccccc4F)CC3)c3ccccc3c2=O)C1. The lowest BCUT2D eigenvalue weighted by atomic mass is 9.92. The summed E-state index contributed by atoms with van der Waals surface area (Å²) in [5.74, 6) is 0.205. The van der Waals surface area contributed by atoms with E-state index in [4.69, 9.17) is 0 Å². The maximum absolute atomic E-state index is 14.3. The number of likely N-dealkylation sites (tertiary alicyclic amines) is 1. The number of halogens is 1. The van der Waals surface area contributed by atoms with E-state index in [9.17, 15) is 22.4 Å². The number of piperidine rings is 1. The number of nitrogens with zero attached hydrogens (tertiary/aromatic N) is 4. The molecule has 10 heteroatoms. The first-order chi connectivity index (χ1) is 18.1. The molecule has 38 heavy (non-hydrogen) atoms. The van der Waals surface area contributed by atoms with Crippen LogP contribution in [0.3, 0.4) is 0 Å². The molecule has 0 radical (unpaired) electrons. The highest BCUT2D eigenvalue weighted by Crippen LogP contribution is 2.27. The first-order valence-electron chi connectivity index (χ1n) is 13.0. The molecule has 3 aromatic rings. The third-order valence-corrected chi connectivity index (χ3v) is 9.46. The molecule has 0 spiro atoms. The summed E-state index contributed by atoms with van der Waals surface area (Å²) in [7, 11) is -3.99. The van der Waals surface area contributed by atoms with Crippen LogP contribution < -0.4 is 10.5 Å². The molecule has 0 aliphatic carbocycles. The van der Waals surface area contributed by atoms with Gasteiger partial charge in [0.2, 0.25) is 15.9 Å². The number of fused-ring (bicyclic) bond motifs is 1. The van der Waals surface area contributed by atoms with Gasteiger partial charge in [-0.05, 0) is 36.5 Å². The van der Waals surface area contributed by atoms with Crippen LogP contribution >= 0.6 is 0 Å². The predicted octanol–water partition coefficient (Wildman–Crippen LogP) is 3.16. The van der Waals surface area contributed by atoms with Crippen LogP contribution in [-0.2, 0) is 21.4 Å². The maximum atomic E-state index is 14.3. The minimum Gasteiger partial charge on any atom is -0.367 e. The number of sulfonamides is 1. The summed E-state index contributed by atoms with van der Waals surface area (Å²) >= 11 is 0. The van der Waals surface area contributed by atoms with Crippen LogP contribution in [0.1, 0.15) is 20.3 Å². The predicted molar refractivity (Wildman–Crippen MR) is 145 cm³/mol. The van der Waals surface area contributed by atoms with Crippen LogP contribution in [-0.4, -0.2) is 67.4 Å². The van der Waals surface area contributed by atoms with Crippen molar-refractivity contribution in [2.24, 2.45) is 11.8 Å². The minimum absolute atomic E-state index is 0.000205. The Morgan fingerprint density at radius 3 is 2.18 bits per heavy atom. The van der Waals surface area contributed by atoms with E-state index in [1.165, 1.54) is 21.1 Å². The Balaban J connectivity index is 1.44. The molecule has 202 valence electrons. The van der Waals surface area contributed by atoms with Crippen molar-refractivity contribution in [3.05, 3.63) is 70.9 Å². The molecule has 1 amide bonds. The number of piperazine rings is 1. The molecule has 2 atom stereocenters. The second kappa shape index (κ2) is 10.5. The molecule has 8 nitrogen and oxygen atoms in total. The number of hydrogen-bond donors (Lipinski definition) is 0. The minimum atomic E-state index is -3.99. The van der Waals surface area contributed by atoms with Gasteiger partial charge in [-0.3, -0.25) is 9.59 Å². The molecule has 5 rings (SSSR count). The Kier molecular flexibility index (Phi) is 7.28. The lowest BCUT2D eigenvalue weighted by molar-refractivity contribution is -0.134. The highest BCUT2D eigenvalue weighted by Gasteiger charge is 2.32. The lowest BCUT2D eigenvalue weighted by Gasteiger charge is -2.36. The molecule has 0 bridgehead atoms. The highest BCUT2D eigenvalue weighted by molar-refractivity contribution is 7.89. The zero-order chi connectivity index (χ0) is 27.0. The second-order valence-electron chi connectivity index (χ2n) is 10.6. The fraction of sp³-hybridized carbons (Fsp3) is 0.429. The molecule has 0 saturated carbocycles. The van der Waals surface area contributed by atoms with Crippen LogP contribution in [0.4, 0.5) is 10.1 Å². The summed E-state index contributed by atoms with van der Waals surface area (Å²) < 4.78 is 44.6. The van der Waals surface area contributed by atoms with Crippen LogP contribution in [0.25, 0.3) is 10.8 Å². The molecule has 2 aliphatic heterocycles. The van der Waals surface area contributed by atoms with Crippen LogP contribution in [0, 0.1) is 17.7 Å². The molecule has 2 aliphatic rings. The first-order valence-corrected chi connectivity index (χ1v) is 14.5. The van der Waals surface area contributed by atoms with E-state index in [0.717, 1.165) is 6.42 Å². The van der Waals surface area contributed by atoms with E-state index in [1.807, 2.05) is 4.90 Å². The second-order valence-corrected chi connectivity index (χ2v) is 12.5. The van der Waals surface area contributed by atoms with Gasteiger partial charge >= 0.3 is 0 Å². The number of para-hydroxylation sites is 1. The fourth-order valence-electron chi connectivity index (χ4n) is 5.76. The molecular weight excluding hydrogens is 507 g/mol. The molecule has 0 N–H and O–H groups in total. The van der Waals surface area contributed by atoms with Crippen molar-refractivity contribution in [2.45, 2.75) is 31.7 Å². The van der Waals surface area contributed by atoms with Gasteiger partial charge in [0.15, 0.2) is 0 Å². The monoisotopic (exact) mass is 540 g/mol. The molecule has 2 aromatic carbocycles. The van der Waals surface area contributed by atoms with Gasteiger partial charge in [-0.2, -0.15) is 4.31 Å². The summed E-state index contributed by atoms with van der Waals surface area (Å²) in [6.45, 7) is 6.27. The van der Waals surface area contributed by atoms with E-state index in [0.29, 0.717) is 49.1 Å². The normalized spacial score (nSPS) is 21.1. The molecule has 0 unspecified atom stereocenters. The molecule has 1 aromatic heterocycles. The number of benzene rings is 2. The lowest BCUT2D eigenvalue weighted by Crippen LogP contribution is -2.49. The summed E-state index contributed by atoms with van der Waals surface area (Å²) in [5.41, 5.74) is 0.0544. The summed E-state index contributed by atoms with van der Waals surface area (Å²) in [6, 6.07) is 13.1. The topological polar surface area (TPSA) is 82.9 Å². The van der Waals surface area contributed by atoms with Crippen molar-refractivity contribution in [3.8, 4) is 0 Å². The fourth-order valence-corrected chi connectivity index (χ4v) is 7.40. The van der Waals surface area contributed by atoms with Gasteiger partial charge in [0, 0.05) is 56.2 Å². The van der Waals surface area contributed by atoms with Gasteiger partial charge < -0.3 is 14.4 Å². The summed E-state index contributed by atoms with van der Waals surface area (Å²) in [6.07, 6.45) is 2.37. The Labute approximate surface area is 222 Å². The first kappa shape index (κ1) is 26.4. The van der Waals surface area contributed by atoms with Crippen molar-refractivity contribution in [1.82, 2.24) is 13.8 Å². The number of hydrogen-bond acceptors (Lipinski definition) is 5. The largest absolute Gasteiger partial charge is 0.367 e. The van der Waals surface area contributed by atoms with Gasteiger partial charge in [0.25, 0.3) is 5.56 Å². The highest BCUT2D eigenvalue weighted by atomic mass is 32.2. The van der Waals surface area contributed by atoms with Crippen LogP contribution in [0.2, 0.25) is 0 Å². The number of carbonyl (C=O) groups is 1. The van der Waals surface area contributed by atoms with Crippen molar-refractivity contribution < 1.29 is 17.6 Å². The van der Waals surface area contributed by atoms with Crippen LogP contribution in [0.15, 0.2) is 64.4 Å². The number of carbonyl (C=O) groups excluding carboxylic acids is 1. The number of amides is 1. The standard InChI is InChI=1S/C28H33FN4O4S/c1-20-15-21(2)17-31(16-20)27(34)19-32-18-26(22-7-3-4-8-23(22)28(32)35)38(36,37)33-13-11-30(12-14-33)25-10-6-5-9-24(25)29/h3-10,18,20-21H,11-17,19H2,1-2H3/t20-,21-/m0/s1. The van der Waals surface area contributed by atoms with Crippen molar-refractivity contribution in [1.29, 1.82) is 0 Å². The van der Waals surface area contributed by atoms with E-state index < -0.39 is 15.6 Å². The Morgan fingerprint density at radius 2 is 1.53 bits per heavy atom. The average molecular weight is 541 g/mol. The van der Waals surface area contributed by atoms with Crippen molar-refractivity contribution in [3.63, 3.8) is 0 Å². The maximum Gasteiger partial charge on any atom is 0.258 e. The molecule has 2 fully saturated rings. The van der Waals surface area contributed by atoms with Gasteiger partial charge in [-0.25, -0.2) is 12.8 Å². The number of pyridine rings is 1. The zero-order valence-electron chi connectivity index (χ0n) is 21.7. The van der Waals surface area contributed by atoms with Gasteiger partial charge in [-0.15, -0.1) is 0 Å². The third kappa shape index (κ3) is 5.07. The van der Waals surface area contributed by atoms with Gasteiger partial charge in [0.05, 0.1) is 5.69 Å². The smallest absolute Gasteiger partial charge is 0.258 e. The van der Waals surface area contributed by atoms with E-state index in [2.05, 4.69) is 13.8 Å². The van der Waals surface area contributed by atoms with Crippen LogP contribution in [0.5, 0.6) is 0 Å². The zero-order valence-corrected chi connectivity index (χ0v) is 22.5. The molecule has 3 heterocycles. The summed E-state index contributed by atoms with van der Waals surface area (Å²) in [4.78, 5) is 30.1. The van der Waals surface area contributed by atoms with E-state index in [-0.39, 0.29) is 41.6 Å². The Bertz CT molecular complexity index is 1500. The molecular formula is C28H33FN4O4S. The van der Waals surface area contributed by atoms with E-state index >= 15 is 0 Å². The molecule has 2 saturated heterocycles. The van der Waals surface area contributed by atoms with Gasteiger partial charge in [0.1, 0.15) is 17.3 Å². The van der Waals surface area contributed by atoms with Crippen molar-refractivity contribution in [2.75, 3.05) is 44.2 Å². The third-order valence-electron chi connectivity index (χ3n) is 7.53. The van der Waals surface area contributed by atoms with Gasteiger partial charge in [-0.1, -0.05) is 44.2 Å². The Hall–Kier alpha value is -3.24. The number of rotatable bonds is 5. The summed E-state index contributed by atoms with van der Waals surface area (Å²) in [5, 5.41) is 0.588. The van der Waals surface area contributed by atoms with E-state index in [1.54, 1.807) is 47.4 Å². The van der Waals surface area contributed by atoms with Crippen molar-refractivity contribution >= 4 is 32.4 Å². The number of anilines is 1. The average Bonchev–Trinajstić information content (AvgIpc) is 2.90. The Morgan fingerprint density at radius 1 is 0.921 bits per heavy atom.